The summed E-state index contributed by atoms with van der Waals surface area (Å²) in [6.45, 7) is 3.92. The Hall–Kier alpha value is -1.88. The van der Waals surface area contributed by atoms with Crippen molar-refractivity contribution in [3.63, 3.8) is 0 Å². The van der Waals surface area contributed by atoms with Crippen LogP contribution < -0.4 is 10.6 Å². The molecule has 5 heteroatoms. The van der Waals surface area contributed by atoms with Crippen molar-refractivity contribution in [1.82, 2.24) is 0 Å². The van der Waals surface area contributed by atoms with Gasteiger partial charge in [0.1, 0.15) is 5.82 Å². The minimum Gasteiger partial charge on any atom is -0.378 e. The molecule has 0 atom stereocenters. The second-order valence-corrected chi connectivity index (χ2v) is 5.68. The van der Waals surface area contributed by atoms with Crippen molar-refractivity contribution in [1.29, 1.82) is 0 Å². The number of benzene rings is 2. The predicted octanol–water partition coefficient (Wildman–Crippen LogP) is 4.47. The van der Waals surface area contributed by atoms with Crippen molar-refractivity contribution in [3.8, 4) is 0 Å². The Morgan fingerprint density at radius 3 is 2.67 bits per heavy atom. The van der Waals surface area contributed by atoms with Crippen LogP contribution in [0.2, 0.25) is 0 Å². The monoisotopic (exact) mass is 350 g/mol. The molecular formula is C16H16BrFN2O. The maximum absolute atomic E-state index is 13.8. The Kier molecular flexibility index (Phi) is 4.96. The van der Waals surface area contributed by atoms with E-state index in [4.69, 9.17) is 0 Å². The fraction of sp³-hybridized carbons (Fsp3) is 0.188. The van der Waals surface area contributed by atoms with Gasteiger partial charge in [0.2, 0.25) is 5.91 Å². The summed E-state index contributed by atoms with van der Waals surface area (Å²) in [5, 5.41) is 5.68. The summed E-state index contributed by atoms with van der Waals surface area (Å²) in [4.78, 5) is 11.0. The van der Waals surface area contributed by atoms with Crippen LogP contribution in [0.3, 0.4) is 0 Å². The van der Waals surface area contributed by atoms with Crippen molar-refractivity contribution in [3.05, 3.63) is 57.8 Å². The van der Waals surface area contributed by atoms with Crippen LogP contribution in [-0.4, -0.2) is 5.91 Å². The maximum Gasteiger partial charge on any atom is 0.221 e. The minimum absolute atomic E-state index is 0.186. The molecule has 0 fully saturated rings. The molecule has 110 valence electrons. The van der Waals surface area contributed by atoms with Crippen molar-refractivity contribution >= 4 is 33.2 Å². The molecule has 2 rings (SSSR count). The number of hydrogen-bond donors (Lipinski definition) is 2. The normalized spacial score (nSPS) is 10.3. The van der Waals surface area contributed by atoms with E-state index >= 15 is 0 Å². The lowest BCUT2D eigenvalue weighted by Gasteiger charge is -2.11. The number of nitrogens with one attached hydrogen (secondary N) is 2. The molecule has 0 aromatic heterocycles. The number of rotatable bonds is 4. The van der Waals surface area contributed by atoms with Gasteiger partial charge in [-0.2, -0.15) is 0 Å². The van der Waals surface area contributed by atoms with E-state index in [1.807, 2.05) is 25.1 Å². The zero-order valence-electron chi connectivity index (χ0n) is 11.8. The quantitative estimate of drug-likeness (QED) is 0.854. The molecule has 0 spiro atoms. The topological polar surface area (TPSA) is 41.1 Å². The predicted molar refractivity (Wildman–Crippen MR) is 86.9 cm³/mol. The standard InChI is InChI=1S/C16H16BrFN2O/c1-10-3-4-12(14(17)7-10)9-19-16-8-13(20-11(2)21)5-6-15(16)18/h3-8,19H,9H2,1-2H3,(H,20,21). The van der Waals surface area contributed by atoms with E-state index in [0.29, 0.717) is 17.9 Å². The van der Waals surface area contributed by atoms with E-state index in [2.05, 4.69) is 26.6 Å². The Morgan fingerprint density at radius 1 is 1.24 bits per heavy atom. The molecule has 1 amide bonds. The lowest BCUT2D eigenvalue weighted by atomic mass is 10.1. The van der Waals surface area contributed by atoms with Crippen molar-refractivity contribution < 1.29 is 9.18 Å². The van der Waals surface area contributed by atoms with Gasteiger partial charge in [0, 0.05) is 23.6 Å². The molecule has 3 nitrogen and oxygen atoms in total. The first-order valence-corrected chi connectivity index (χ1v) is 7.31. The highest BCUT2D eigenvalue weighted by atomic mass is 79.9. The molecule has 0 saturated carbocycles. The van der Waals surface area contributed by atoms with Crippen molar-refractivity contribution in [2.75, 3.05) is 10.6 Å². The number of halogens is 2. The Bertz CT molecular complexity index is 673. The summed E-state index contributed by atoms with van der Waals surface area (Å²) < 4.78 is 14.8. The molecule has 2 aromatic rings. The number of anilines is 2. The minimum atomic E-state index is -0.354. The molecule has 21 heavy (non-hydrogen) atoms. The van der Waals surface area contributed by atoms with E-state index in [0.717, 1.165) is 15.6 Å². The SMILES string of the molecule is CC(=O)Nc1ccc(F)c(NCc2ccc(C)cc2Br)c1. The third kappa shape index (κ3) is 4.29. The lowest BCUT2D eigenvalue weighted by molar-refractivity contribution is -0.114. The molecule has 2 aromatic carbocycles. The second-order valence-electron chi connectivity index (χ2n) is 4.82. The van der Waals surface area contributed by atoms with E-state index < -0.39 is 0 Å². The summed E-state index contributed by atoms with van der Waals surface area (Å²) in [6, 6.07) is 10.5. The highest BCUT2D eigenvalue weighted by molar-refractivity contribution is 9.10. The van der Waals surface area contributed by atoms with E-state index in [1.165, 1.54) is 19.1 Å². The molecule has 0 heterocycles. The fourth-order valence-electron chi connectivity index (χ4n) is 1.93. The smallest absolute Gasteiger partial charge is 0.221 e. The first-order chi connectivity index (χ1) is 9.95. The van der Waals surface area contributed by atoms with Gasteiger partial charge in [0.25, 0.3) is 0 Å². The third-order valence-electron chi connectivity index (χ3n) is 2.96. The lowest BCUT2D eigenvalue weighted by Crippen LogP contribution is -2.07. The van der Waals surface area contributed by atoms with Crippen LogP contribution in [0.5, 0.6) is 0 Å². The summed E-state index contributed by atoms with van der Waals surface area (Å²) in [5.41, 5.74) is 3.11. The Labute approximate surface area is 131 Å². The molecule has 2 N–H and O–H groups in total. The average molecular weight is 351 g/mol. The Balaban J connectivity index is 2.13. The number of carbonyl (C=O) groups excluding carboxylic acids is 1. The number of amides is 1. The molecule has 0 radical (unpaired) electrons. The van der Waals surface area contributed by atoms with Crippen molar-refractivity contribution in [2.24, 2.45) is 0 Å². The number of carbonyl (C=O) groups is 1. The highest BCUT2D eigenvalue weighted by Gasteiger charge is 2.06. The molecule has 0 unspecified atom stereocenters. The molecule has 0 aliphatic carbocycles. The molecule has 0 bridgehead atoms. The van der Waals surface area contributed by atoms with Gasteiger partial charge in [-0.15, -0.1) is 0 Å². The Morgan fingerprint density at radius 2 is 2.00 bits per heavy atom. The van der Waals surface area contributed by atoms with E-state index in [1.54, 1.807) is 6.07 Å². The van der Waals surface area contributed by atoms with Crippen LogP contribution in [0.25, 0.3) is 0 Å². The first kappa shape index (κ1) is 15.5. The van der Waals surface area contributed by atoms with Gasteiger partial charge in [-0.05, 0) is 42.3 Å². The maximum atomic E-state index is 13.8. The van der Waals surface area contributed by atoms with Gasteiger partial charge in [-0.1, -0.05) is 28.1 Å². The number of aryl methyl sites for hydroxylation is 1. The van der Waals surface area contributed by atoms with Gasteiger partial charge >= 0.3 is 0 Å². The summed E-state index contributed by atoms with van der Waals surface area (Å²) in [6.07, 6.45) is 0. The summed E-state index contributed by atoms with van der Waals surface area (Å²) >= 11 is 3.50. The van der Waals surface area contributed by atoms with Crippen LogP contribution in [0.15, 0.2) is 40.9 Å². The van der Waals surface area contributed by atoms with Crippen molar-refractivity contribution in [2.45, 2.75) is 20.4 Å². The van der Waals surface area contributed by atoms with Crippen LogP contribution in [0.4, 0.5) is 15.8 Å². The van der Waals surface area contributed by atoms with Crippen LogP contribution in [0.1, 0.15) is 18.1 Å². The van der Waals surface area contributed by atoms with Gasteiger partial charge < -0.3 is 10.6 Å². The molecule has 0 saturated heterocycles. The van der Waals surface area contributed by atoms with Gasteiger partial charge in [0.05, 0.1) is 5.69 Å². The van der Waals surface area contributed by atoms with Crippen LogP contribution in [0, 0.1) is 12.7 Å². The zero-order valence-corrected chi connectivity index (χ0v) is 13.4. The largest absolute Gasteiger partial charge is 0.378 e. The third-order valence-corrected chi connectivity index (χ3v) is 3.70. The van der Waals surface area contributed by atoms with Gasteiger partial charge in [0.15, 0.2) is 0 Å². The second kappa shape index (κ2) is 6.72. The van der Waals surface area contributed by atoms with Gasteiger partial charge in [-0.25, -0.2) is 4.39 Å². The molecular weight excluding hydrogens is 335 g/mol. The van der Waals surface area contributed by atoms with Gasteiger partial charge in [-0.3, -0.25) is 4.79 Å². The number of hydrogen-bond acceptors (Lipinski definition) is 2. The summed E-state index contributed by atoms with van der Waals surface area (Å²) in [7, 11) is 0. The van der Waals surface area contributed by atoms with E-state index in [-0.39, 0.29) is 11.7 Å². The fourth-order valence-corrected chi connectivity index (χ4v) is 2.56. The molecule has 0 aliphatic rings. The highest BCUT2D eigenvalue weighted by Crippen LogP contribution is 2.23. The van der Waals surface area contributed by atoms with E-state index in [9.17, 15) is 9.18 Å². The van der Waals surface area contributed by atoms with Crippen LogP contribution >= 0.6 is 15.9 Å². The average Bonchev–Trinajstić information content (AvgIpc) is 2.40. The first-order valence-electron chi connectivity index (χ1n) is 6.52. The summed E-state index contributed by atoms with van der Waals surface area (Å²) in [5.74, 6) is -0.541. The van der Waals surface area contributed by atoms with Crippen LogP contribution in [-0.2, 0) is 11.3 Å². The zero-order chi connectivity index (χ0) is 15.4. The molecule has 0 aliphatic heterocycles.